The summed E-state index contributed by atoms with van der Waals surface area (Å²) in [6.07, 6.45) is -4.94. The minimum absolute atomic E-state index is 0.266. The monoisotopic (exact) mass is 846 g/mol. The first-order valence-corrected chi connectivity index (χ1v) is 20.0. The number of aromatic nitrogens is 1. The second-order valence-electron chi connectivity index (χ2n) is 15.7. The number of urea groups is 1. The Balaban J connectivity index is 1.74. The third-order valence-corrected chi connectivity index (χ3v) is 11.6. The Kier molecular flexibility index (Phi) is 13.9. The molecule has 3 aliphatic rings. The van der Waals surface area contributed by atoms with Crippen LogP contribution < -0.4 is 31.9 Å². The number of thioether (sulfide) groups is 1. The third kappa shape index (κ3) is 10.3. The fourth-order valence-electron chi connectivity index (χ4n) is 7.15. The fourth-order valence-corrected chi connectivity index (χ4v) is 8.28. The molecular formula is C37H50N8O13S. The van der Waals surface area contributed by atoms with Crippen LogP contribution in [0.4, 0.5) is 4.79 Å². The van der Waals surface area contributed by atoms with Gasteiger partial charge in [-0.15, -0.1) is 11.8 Å². The highest BCUT2D eigenvalue weighted by Gasteiger charge is 2.45. The molecule has 1 saturated heterocycles. The van der Waals surface area contributed by atoms with Crippen molar-refractivity contribution in [2.75, 3.05) is 18.9 Å². The number of benzene rings is 1. The van der Waals surface area contributed by atoms with Crippen LogP contribution in [-0.4, -0.2) is 162 Å². The van der Waals surface area contributed by atoms with E-state index in [4.69, 9.17) is 0 Å². The number of hydrogen-bond donors (Lipinski definition) is 12. The van der Waals surface area contributed by atoms with E-state index < -0.39 is 126 Å². The first-order valence-electron chi connectivity index (χ1n) is 19.0. The first-order chi connectivity index (χ1) is 27.7. The number of nitrogens with one attached hydrogen (secondary N) is 7. The van der Waals surface area contributed by atoms with Gasteiger partial charge in [-0.3, -0.25) is 28.8 Å². The van der Waals surface area contributed by atoms with Gasteiger partial charge >= 0.3 is 12.0 Å². The Morgan fingerprint density at radius 2 is 1.58 bits per heavy atom. The van der Waals surface area contributed by atoms with Crippen LogP contribution in [0.2, 0.25) is 0 Å². The standard InChI is InChI=1S/C37H50N8O13S/c1-15(2)25-33(54)44-26(28(49)35(55)56)27(48)23-13-59-34-19(18-7-5-6-8-20(18)41-34)10-21(30(51)40-22(31(52)43-25)11-37(4,58)14-46)39-29(50)16(3)38-32(53)24-9-17(47)12-45(24)36(57)42-23/h5-8,15-17,21-26,28,41,46-47,49,58H,9-14H2,1-4H3,(H,38,53)(H,39,50)(H,40,51)(H,42,57)(H,43,52)(H,44,54)(H,55,56)/t16-,17-,21-,22-,23-,24-,25-,26-,28-,37?/m0/s1. The Morgan fingerprint density at radius 1 is 0.898 bits per heavy atom. The number of aliphatic carboxylic acids is 1. The maximum Gasteiger partial charge on any atom is 0.335 e. The van der Waals surface area contributed by atoms with Gasteiger partial charge in [-0.25, -0.2) is 9.59 Å². The van der Waals surface area contributed by atoms with Crippen LogP contribution in [0.5, 0.6) is 0 Å². The van der Waals surface area contributed by atoms with Gasteiger partial charge in [-0.05, 0) is 31.4 Å². The molecule has 59 heavy (non-hydrogen) atoms. The average molecular weight is 847 g/mol. The SMILES string of the molecule is CC(C)[C@@H]1NC(=O)[C@H](CC(C)(O)CO)NC(=O)[C@@H]2Cc3c([nH]c4ccccc34)SC[C@H](NC(=O)N3C[C@@H](O)C[C@H]3C(=O)N[C@@H](C)C(=O)N2)C(=O)[C@@H]([C@H](O)C(=O)O)NC1=O. The van der Waals surface area contributed by atoms with Crippen LogP contribution in [0.3, 0.4) is 0 Å². The molecule has 0 saturated carbocycles. The zero-order valence-electron chi connectivity index (χ0n) is 32.7. The lowest BCUT2D eigenvalue weighted by atomic mass is 9.95. The minimum atomic E-state index is -2.58. The van der Waals surface area contributed by atoms with E-state index in [1.165, 1.54) is 27.7 Å². The number of Topliss-reactive ketones (excluding diaryl/α,β-unsaturated/α-hetero) is 1. The Morgan fingerprint density at radius 3 is 2.24 bits per heavy atom. The summed E-state index contributed by atoms with van der Waals surface area (Å²) in [5, 5.41) is 67.8. The highest BCUT2D eigenvalue weighted by Crippen LogP contribution is 2.32. The molecule has 2 aromatic rings. The van der Waals surface area contributed by atoms with Crippen molar-refractivity contribution in [1.29, 1.82) is 0 Å². The van der Waals surface area contributed by atoms with E-state index in [2.05, 4.69) is 36.9 Å². The fraction of sp³-hybridized carbons (Fsp3) is 0.568. The zero-order chi connectivity index (χ0) is 43.5. The molecule has 12 N–H and O–H groups in total. The number of para-hydroxylation sites is 1. The van der Waals surface area contributed by atoms with Crippen LogP contribution in [0.1, 0.15) is 46.1 Å². The van der Waals surface area contributed by atoms with Crippen LogP contribution in [0.15, 0.2) is 29.3 Å². The quantitative estimate of drug-likeness (QED) is 0.135. The summed E-state index contributed by atoms with van der Waals surface area (Å²) in [5.74, 6) is -9.14. The van der Waals surface area contributed by atoms with Crippen molar-refractivity contribution in [2.45, 2.75) is 112 Å². The van der Waals surface area contributed by atoms with Crippen LogP contribution in [0.25, 0.3) is 10.9 Å². The van der Waals surface area contributed by atoms with Gasteiger partial charge in [-0.1, -0.05) is 32.0 Å². The number of aliphatic hydroxyl groups is 4. The van der Waals surface area contributed by atoms with Gasteiger partial charge in [0.15, 0.2) is 11.9 Å². The smallest absolute Gasteiger partial charge is 0.335 e. The maximum atomic E-state index is 14.5. The van der Waals surface area contributed by atoms with Crippen LogP contribution in [-0.2, 0) is 40.0 Å². The summed E-state index contributed by atoms with van der Waals surface area (Å²) in [6.45, 7) is 4.25. The number of carboxylic acids is 1. The second-order valence-corrected chi connectivity index (χ2v) is 16.7. The van der Waals surface area contributed by atoms with Gasteiger partial charge < -0.3 is 67.3 Å². The molecule has 1 aromatic heterocycles. The Bertz CT molecular complexity index is 1990. The Hall–Kier alpha value is -5.29. The average Bonchev–Trinajstić information content (AvgIpc) is 3.75. The van der Waals surface area contributed by atoms with E-state index in [1.807, 2.05) is 0 Å². The van der Waals surface area contributed by atoms with Gasteiger partial charge in [0.1, 0.15) is 42.3 Å². The minimum Gasteiger partial charge on any atom is -0.479 e. The third-order valence-electron chi connectivity index (χ3n) is 10.5. The maximum absolute atomic E-state index is 14.5. The molecule has 7 amide bonds. The van der Waals surface area contributed by atoms with E-state index in [1.54, 1.807) is 24.3 Å². The predicted molar refractivity (Wildman–Crippen MR) is 207 cm³/mol. The Labute approximate surface area is 341 Å². The molecule has 4 heterocycles. The first kappa shape index (κ1) is 44.8. The van der Waals surface area contributed by atoms with Crippen molar-refractivity contribution in [3.05, 3.63) is 29.8 Å². The van der Waals surface area contributed by atoms with E-state index >= 15 is 0 Å². The van der Waals surface area contributed by atoms with Crippen molar-refractivity contribution in [3.63, 3.8) is 0 Å². The summed E-state index contributed by atoms with van der Waals surface area (Å²) in [7, 11) is 0. The number of H-pyrrole nitrogens is 1. The number of amides is 7. The highest BCUT2D eigenvalue weighted by molar-refractivity contribution is 7.99. The van der Waals surface area contributed by atoms with Crippen molar-refractivity contribution >= 4 is 70.0 Å². The van der Waals surface area contributed by atoms with Gasteiger partial charge in [0.05, 0.1) is 23.3 Å². The normalized spacial score (nSPS) is 29.5. The topological polar surface area (TPSA) is 329 Å². The lowest BCUT2D eigenvalue weighted by Gasteiger charge is -2.31. The van der Waals surface area contributed by atoms with Crippen LogP contribution in [0, 0.1) is 5.92 Å². The van der Waals surface area contributed by atoms with Gasteiger partial charge in [0, 0.05) is 42.5 Å². The molecule has 0 radical (unpaired) electrons. The van der Waals surface area contributed by atoms with E-state index in [0.29, 0.717) is 21.5 Å². The number of ketones is 1. The van der Waals surface area contributed by atoms with Gasteiger partial charge in [0.25, 0.3) is 0 Å². The molecule has 5 rings (SSSR count). The van der Waals surface area contributed by atoms with Crippen molar-refractivity contribution in [3.8, 4) is 0 Å². The molecule has 2 bridgehead atoms. The van der Waals surface area contributed by atoms with Gasteiger partial charge in [-0.2, -0.15) is 0 Å². The zero-order valence-corrected chi connectivity index (χ0v) is 33.5. The molecule has 0 spiro atoms. The molecule has 0 aliphatic carbocycles. The summed E-state index contributed by atoms with van der Waals surface area (Å²) in [5.41, 5.74) is -1.01. The number of carbonyl (C=O) groups is 8. The molecule has 1 aromatic carbocycles. The summed E-state index contributed by atoms with van der Waals surface area (Å²) < 4.78 is 0. The number of fused-ring (bicyclic) bond motifs is 5. The highest BCUT2D eigenvalue weighted by atomic mass is 32.2. The summed E-state index contributed by atoms with van der Waals surface area (Å²) in [6, 6.07) is -5.58. The number of nitrogens with zero attached hydrogens (tertiary/aromatic N) is 1. The molecule has 21 nitrogen and oxygen atoms in total. The van der Waals surface area contributed by atoms with E-state index in [9.17, 15) is 63.9 Å². The van der Waals surface area contributed by atoms with Crippen LogP contribution >= 0.6 is 11.8 Å². The van der Waals surface area contributed by atoms with Crippen molar-refractivity contribution in [2.24, 2.45) is 5.92 Å². The molecule has 322 valence electrons. The molecular weight excluding hydrogens is 797 g/mol. The number of carboxylic acid groups (broad SMARTS) is 1. The predicted octanol–water partition coefficient (Wildman–Crippen LogP) is -3.41. The molecule has 1 unspecified atom stereocenters. The van der Waals surface area contributed by atoms with E-state index in [-0.39, 0.29) is 25.1 Å². The molecule has 3 aliphatic heterocycles. The number of aromatic amines is 1. The molecule has 1 fully saturated rings. The van der Waals surface area contributed by atoms with E-state index in [0.717, 1.165) is 16.7 Å². The number of rotatable bonds is 6. The number of aliphatic hydroxyl groups excluding tert-OH is 3. The molecule has 10 atom stereocenters. The lowest BCUT2D eigenvalue weighted by Crippen LogP contribution is -2.63. The summed E-state index contributed by atoms with van der Waals surface area (Å²) >= 11 is 0.942. The molecule has 22 heteroatoms. The number of hydrogen-bond acceptors (Lipinski definition) is 13. The van der Waals surface area contributed by atoms with Gasteiger partial charge in [0.2, 0.25) is 29.5 Å². The summed E-state index contributed by atoms with van der Waals surface area (Å²) in [4.78, 5) is 115. The lowest BCUT2D eigenvalue weighted by molar-refractivity contribution is -0.152. The largest absolute Gasteiger partial charge is 0.479 e. The van der Waals surface area contributed by atoms with Crippen molar-refractivity contribution in [1.82, 2.24) is 41.8 Å². The van der Waals surface area contributed by atoms with Crippen molar-refractivity contribution < 1.29 is 63.9 Å². The number of carbonyl (C=O) groups excluding carboxylic acids is 7. The second kappa shape index (κ2) is 18.3.